The van der Waals surface area contributed by atoms with Crippen LogP contribution < -0.4 is 0 Å². The Bertz CT molecular complexity index is 1060. The highest BCUT2D eigenvalue weighted by molar-refractivity contribution is 5.78. The summed E-state index contributed by atoms with van der Waals surface area (Å²) < 4.78 is 0. The van der Waals surface area contributed by atoms with Crippen LogP contribution in [0.25, 0.3) is 11.3 Å². The molecule has 152 valence electrons. The molecule has 30 heavy (non-hydrogen) atoms. The van der Waals surface area contributed by atoms with Crippen LogP contribution in [0.1, 0.15) is 55.5 Å². The van der Waals surface area contributed by atoms with Gasteiger partial charge in [0.1, 0.15) is 0 Å². The summed E-state index contributed by atoms with van der Waals surface area (Å²) in [6.07, 6.45) is 5.53. The minimum atomic E-state index is -0.0356. The number of amides is 1. The summed E-state index contributed by atoms with van der Waals surface area (Å²) in [6.45, 7) is 6.17. The third-order valence-electron chi connectivity index (χ3n) is 5.95. The lowest BCUT2D eigenvalue weighted by Gasteiger charge is -2.42. The molecular formula is C27H28N2O. The van der Waals surface area contributed by atoms with Gasteiger partial charge in [0.05, 0.1) is 17.8 Å². The summed E-state index contributed by atoms with van der Waals surface area (Å²) in [5.41, 5.74) is 6.72. The smallest absolute Gasteiger partial charge is 0.223 e. The molecule has 2 atom stereocenters. The van der Waals surface area contributed by atoms with E-state index in [2.05, 4.69) is 55.2 Å². The Morgan fingerprint density at radius 3 is 2.30 bits per heavy atom. The fraction of sp³-hybridized carbons (Fsp3) is 0.259. The van der Waals surface area contributed by atoms with Gasteiger partial charge in [-0.3, -0.25) is 9.78 Å². The van der Waals surface area contributed by atoms with Crippen LogP contribution in [0.3, 0.4) is 0 Å². The molecule has 1 amide bonds. The number of hydrogen-bond donors (Lipinski definition) is 0. The number of carbonyl (C=O) groups is 1. The predicted octanol–water partition coefficient (Wildman–Crippen LogP) is 6.43. The van der Waals surface area contributed by atoms with Crippen molar-refractivity contribution in [2.24, 2.45) is 0 Å². The van der Waals surface area contributed by atoms with Crippen molar-refractivity contribution in [3.8, 4) is 11.3 Å². The molecule has 2 unspecified atom stereocenters. The maximum Gasteiger partial charge on any atom is 0.223 e. The minimum Gasteiger partial charge on any atom is -0.324 e. The van der Waals surface area contributed by atoms with Crippen LogP contribution in [-0.2, 0) is 4.79 Å². The number of pyridine rings is 1. The SMILES string of the molecule is CCC(=O)N1C(c2cnc(-c3ccccc3)c(C)c2)CC=C(C)C1c1ccccc1. The van der Waals surface area contributed by atoms with Gasteiger partial charge in [0.15, 0.2) is 0 Å². The molecule has 1 aliphatic rings. The van der Waals surface area contributed by atoms with Gasteiger partial charge < -0.3 is 4.90 Å². The van der Waals surface area contributed by atoms with E-state index >= 15 is 0 Å². The van der Waals surface area contributed by atoms with Crippen LogP contribution in [0.5, 0.6) is 0 Å². The third-order valence-corrected chi connectivity index (χ3v) is 5.95. The fourth-order valence-corrected chi connectivity index (χ4v) is 4.45. The van der Waals surface area contributed by atoms with Crippen LogP contribution in [0, 0.1) is 6.92 Å². The highest BCUT2D eigenvalue weighted by Crippen LogP contribution is 2.42. The van der Waals surface area contributed by atoms with Gasteiger partial charge in [-0.1, -0.05) is 85.3 Å². The first kappa shape index (κ1) is 20.1. The van der Waals surface area contributed by atoms with E-state index in [1.54, 1.807) is 0 Å². The largest absolute Gasteiger partial charge is 0.324 e. The maximum absolute atomic E-state index is 13.1. The van der Waals surface area contributed by atoms with Crippen molar-refractivity contribution in [2.75, 3.05) is 0 Å². The molecule has 1 aromatic heterocycles. The van der Waals surface area contributed by atoms with Crippen LogP contribution in [-0.4, -0.2) is 15.8 Å². The Labute approximate surface area is 179 Å². The summed E-state index contributed by atoms with van der Waals surface area (Å²) in [5, 5.41) is 0. The van der Waals surface area contributed by atoms with Gasteiger partial charge in [0.25, 0.3) is 0 Å². The molecule has 0 fully saturated rings. The quantitative estimate of drug-likeness (QED) is 0.476. The second kappa shape index (κ2) is 8.66. The zero-order chi connectivity index (χ0) is 21.1. The lowest BCUT2D eigenvalue weighted by atomic mass is 9.87. The number of rotatable bonds is 4. The van der Waals surface area contributed by atoms with E-state index in [4.69, 9.17) is 4.98 Å². The van der Waals surface area contributed by atoms with Gasteiger partial charge in [-0.25, -0.2) is 0 Å². The number of nitrogens with zero attached hydrogens (tertiary/aromatic N) is 2. The Kier molecular flexibility index (Phi) is 5.80. The van der Waals surface area contributed by atoms with Crippen molar-refractivity contribution in [3.63, 3.8) is 0 Å². The van der Waals surface area contributed by atoms with Crippen LogP contribution >= 0.6 is 0 Å². The highest BCUT2D eigenvalue weighted by Gasteiger charge is 2.35. The van der Waals surface area contributed by atoms with E-state index < -0.39 is 0 Å². The van der Waals surface area contributed by atoms with Gasteiger partial charge in [0.2, 0.25) is 5.91 Å². The summed E-state index contributed by atoms with van der Waals surface area (Å²) in [5.74, 6) is 0.172. The van der Waals surface area contributed by atoms with Crippen LogP contribution in [0.2, 0.25) is 0 Å². The average molecular weight is 397 g/mol. The lowest BCUT2D eigenvalue weighted by Crippen LogP contribution is -2.40. The Hall–Kier alpha value is -3.20. The summed E-state index contributed by atoms with van der Waals surface area (Å²) >= 11 is 0. The van der Waals surface area contributed by atoms with Crippen molar-refractivity contribution in [1.82, 2.24) is 9.88 Å². The molecule has 0 N–H and O–H groups in total. The van der Waals surface area contributed by atoms with Crippen molar-refractivity contribution >= 4 is 5.91 Å². The summed E-state index contributed by atoms with van der Waals surface area (Å²) in [7, 11) is 0. The molecule has 2 aromatic carbocycles. The van der Waals surface area contributed by atoms with Gasteiger partial charge >= 0.3 is 0 Å². The van der Waals surface area contributed by atoms with Crippen molar-refractivity contribution in [3.05, 3.63) is 101 Å². The second-order valence-electron chi connectivity index (χ2n) is 7.97. The molecule has 3 nitrogen and oxygen atoms in total. The number of aryl methyl sites for hydroxylation is 1. The molecule has 3 aromatic rings. The predicted molar refractivity (Wildman–Crippen MR) is 122 cm³/mol. The molecular weight excluding hydrogens is 368 g/mol. The first-order valence-corrected chi connectivity index (χ1v) is 10.6. The van der Waals surface area contributed by atoms with Gasteiger partial charge in [-0.2, -0.15) is 0 Å². The minimum absolute atomic E-state index is 0.0117. The zero-order valence-corrected chi connectivity index (χ0v) is 17.9. The van der Waals surface area contributed by atoms with E-state index in [1.807, 2.05) is 49.5 Å². The molecule has 0 saturated carbocycles. The molecule has 0 radical (unpaired) electrons. The van der Waals surface area contributed by atoms with Crippen molar-refractivity contribution in [1.29, 1.82) is 0 Å². The molecule has 2 heterocycles. The Morgan fingerprint density at radius 2 is 1.67 bits per heavy atom. The van der Waals surface area contributed by atoms with E-state index in [9.17, 15) is 4.79 Å². The van der Waals surface area contributed by atoms with E-state index in [0.717, 1.165) is 34.4 Å². The van der Waals surface area contributed by atoms with Gasteiger partial charge in [-0.05, 0) is 37.0 Å². The number of hydrogen-bond acceptors (Lipinski definition) is 2. The second-order valence-corrected chi connectivity index (χ2v) is 7.97. The van der Waals surface area contributed by atoms with Gasteiger partial charge in [-0.15, -0.1) is 0 Å². The summed E-state index contributed by atoms with van der Waals surface area (Å²) in [6, 6.07) is 22.7. The zero-order valence-electron chi connectivity index (χ0n) is 17.9. The highest BCUT2D eigenvalue weighted by atomic mass is 16.2. The average Bonchev–Trinajstić information content (AvgIpc) is 2.79. The first-order valence-electron chi connectivity index (χ1n) is 10.6. The molecule has 0 aliphatic carbocycles. The maximum atomic E-state index is 13.1. The Balaban J connectivity index is 1.76. The number of benzene rings is 2. The van der Waals surface area contributed by atoms with E-state index in [-0.39, 0.29) is 18.0 Å². The van der Waals surface area contributed by atoms with E-state index in [1.165, 1.54) is 5.57 Å². The first-order chi connectivity index (χ1) is 14.6. The lowest BCUT2D eigenvalue weighted by molar-refractivity contribution is -0.136. The molecule has 0 bridgehead atoms. The molecule has 1 aliphatic heterocycles. The normalized spacial score (nSPS) is 18.8. The van der Waals surface area contributed by atoms with E-state index in [0.29, 0.717) is 6.42 Å². The molecule has 3 heteroatoms. The molecule has 0 saturated heterocycles. The van der Waals surface area contributed by atoms with Crippen LogP contribution in [0.4, 0.5) is 0 Å². The topological polar surface area (TPSA) is 33.2 Å². The molecule has 4 rings (SSSR count). The fourth-order valence-electron chi connectivity index (χ4n) is 4.45. The number of aromatic nitrogens is 1. The monoisotopic (exact) mass is 396 g/mol. The number of carbonyl (C=O) groups excluding carboxylic acids is 1. The molecule has 0 spiro atoms. The summed E-state index contributed by atoms with van der Waals surface area (Å²) in [4.78, 5) is 20.0. The van der Waals surface area contributed by atoms with Crippen molar-refractivity contribution in [2.45, 2.75) is 45.7 Å². The Morgan fingerprint density at radius 1 is 1.00 bits per heavy atom. The van der Waals surface area contributed by atoms with Gasteiger partial charge in [0, 0.05) is 18.2 Å². The van der Waals surface area contributed by atoms with Crippen LogP contribution in [0.15, 0.2) is 84.6 Å². The standard InChI is InChI=1S/C27H28N2O/c1-4-25(30)29-24(16-15-19(2)27(29)22-13-9-6-10-14-22)23-17-20(3)26(28-18-23)21-11-7-5-8-12-21/h5-15,17-18,24,27H,4,16H2,1-3H3. The van der Waals surface area contributed by atoms with Crippen molar-refractivity contribution < 1.29 is 4.79 Å². The third kappa shape index (κ3) is 3.80.